The number of aliphatic hydroxyl groups is 1. The Labute approximate surface area is 99.4 Å². The summed E-state index contributed by atoms with van der Waals surface area (Å²) in [6.45, 7) is 3.73. The van der Waals surface area contributed by atoms with Crippen molar-refractivity contribution in [2.75, 3.05) is 0 Å². The molecular formula is C10H15NO3S2. The highest BCUT2D eigenvalue weighted by Crippen LogP contribution is 2.41. The molecule has 1 heterocycles. The van der Waals surface area contributed by atoms with Crippen molar-refractivity contribution < 1.29 is 13.5 Å². The first kappa shape index (κ1) is 12.0. The van der Waals surface area contributed by atoms with E-state index in [-0.39, 0.29) is 11.5 Å². The number of thiophene rings is 1. The van der Waals surface area contributed by atoms with Crippen LogP contribution in [0, 0.1) is 5.41 Å². The molecule has 0 saturated heterocycles. The molecular weight excluding hydrogens is 246 g/mol. The van der Waals surface area contributed by atoms with Crippen LogP contribution in [0.15, 0.2) is 21.7 Å². The molecule has 2 atom stereocenters. The average molecular weight is 261 g/mol. The molecule has 0 bridgehead atoms. The third-order valence-corrected chi connectivity index (χ3v) is 6.14. The average Bonchev–Trinajstić information content (AvgIpc) is 2.70. The monoisotopic (exact) mass is 261 g/mol. The fourth-order valence-electron chi connectivity index (χ4n) is 1.76. The van der Waals surface area contributed by atoms with Gasteiger partial charge >= 0.3 is 0 Å². The first-order valence-corrected chi connectivity index (χ1v) is 7.44. The molecule has 0 spiro atoms. The Morgan fingerprint density at radius 2 is 2.25 bits per heavy atom. The standard InChI is InChI=1S/C10H15NO3S2/c1-10(2)7(6-8(10)12)11-16(13,14)9-4-3-5-15-9/h3-5,7-8,11-12H,6H2,1-2H3. The number of aliphatic hydroxyl groups excluding tert-OH is 1. The molecule has 1 fully saturated rings. The number of sulfonamides is 1. The van der Waals surface area contributed by atoms with Gasteiger partial charge in [-0.15, -0.1) is 11.3 Å². The smallest absolute Gasteiger partial charge is 0.250 e. The van der Waals surface area contributed by atoms with Crippen LogP contribution in [0.5, 0.6) is 0 Å². The van der Waals surface area contributed by atoms with Crippen LogP contribution in [0.25, 0.3) is 0 Å². The third kappa shape index (κ3) is 1.90. The van der Waals surface area contributed by atoms with E-state index in [1.807, 2.05) is 13.8 Å². The van der Waals surface area contributed by atoms with Gasteiger partial charge in [0.1, 0.15) is 4.21 Å². The van der Waals surface area contributed by atoms with Crippen LogP contribution in [0.1, 0.15) is 20.3 Å². The summed E-state index contributed by atoms with van der Waals surface area (Å²) in [6.07, 6.45) is 0.0565. The van der Waals surface area contributed by atoms with E-state index in [2.05, 4.69) is 4.72 Å². The summed E-state index contributed by atoms with van der Waals surface area (Å²) < 4.78 is 26.8. The first-order chi connectivity index (χ1) is 7.34. The van der Waals surface area contributed by atoms with Gasteiger partial charge in [0.15, 0.2) is 0 Å². The second kappa shape index (κ2) is 3.80. The quantitative estimate of drug-likeness (QED) is 0.859. The summed E-state index contributed by atoms with van der Waals surface area (Å²) in [5.41, 5.74) is -0.385. The zero-order chi connectivity index (χ0) is 12.0. The number of rotatable bonds is 3. The van der Waals surface area contributed by atoms with E-state index in [0.29, 0.717) is 10.6 Å². The van der Waals surface area contributed by atoms with Gasteiger partial charge in [0, 0.05) is 11.5 Å². The summed E-state index contributed by atoms with van der Waals surface area (Å²) >= 11 is 1.19. The van der Waals surface area contributed by atoms with Crippen molar-refractivity contribution in [1.82, 2.24) is 4.72 Å². The molecule has 1 aromatic heterocycles. The van der Waals surface area contributed by atoms with Gasteiger partial charge in [-0.25, -0.2) is 13.1 Å². The summed E-state index contributed by atoms with van der Waals surface area (Å²) in [4.78, 5) is 0. The van der Waals surface area contributed by atoms with Crippen LogP contribution in [0.3, 0.4) is 0 Å². The highest BCUT2D eigenvalue weighted by atomic mass is 32.2. The molecule has 90 valence electrons. The molecule has 0 radical (unpaired) electrons. The molecule has 4 nitrogen and oxygen atoms in total. The van der Waals surface area contributed by atoms with Crippen LogP contribution in [-0.4, -0.2) is 25.7 Å². The summed E-state index contributed by atoms with van der Waals surface area (Å²) in [7, 11) is -3.41. The summed E-state index contributed by atoms with van der Waals surface area (Å²) in [6, 6.07) is 3.10. The molecule has 16 heavy (non-hydrogen) atoms. The molecule has 0 aromatic carbocycles. The molecule has 1 aliphatic rings. The Bertz CT molecular complexity index is 464. The fraction of sp³-hybridized carbons (Fsp3) is 0.600. The van der Waals surface area contributed by atoms with Crippen molar-refractivity contribution in [3.8, 4) is 0 Å². The van der Waals surface area contributed by atoms with Crippen molar-refractivity contribution in [2.24, 2.45) is 5.41 Å². The lowest BCUT2D eigenvalue weighted by Crippen LogP contribution is -2.60. The molecule has 2 unspecified atom stereocenters. The van der Waals surface area contributed by atoms with Crippen molar-refractivity contribution in [2.45, 2.75) is 36.6 Å². The molecule has 1 aliphatic carbocycles. The molecule has 2 rings (SSSR count). The van der Waals surface area contributed by atoms with E-state index in [1.54, 1.807) is 17.5 Å². The zero-order valence-electron chi connectivity index (χ0n) is 9.17. The normalized spacial score (nSPS) is 28.7. The Balaban J connectivity index is 2.12. The maximum Gasteiger partial charge on any atom is 0.250 e. The number of nitrogens with one attached hydrogen (secondary N) is 1. The van der Waals surface area contributed by atoms with Crippen LogP contribution in [0.2, 0.25) is 0 Å². The highest BCUT2D eigenvalue weighted by molar-refractivity contribution is 7.91. The van der Waals surface area contributed by atoms with Gasteiger partial charge in [0.2, 0.25) is 10.0 Å². The van der Waals surface area contributed by atoms with Crippen LogP contribution in [-0.2, 0) is 10.0 Å². The van der Waals surface area contributed by atoms with Gasteiger partial charge in [-0.3, -0.25) is 0 Å². The molecule has 0 aliphatic heterocycles. The van der Waals surface area contributed by atoms with Crippen LogP contribution in [0.4, 0.5) is 0 Å². The van der Waals surface area contributed by atoms with Crippen LogP contribution >= 0.6 is 11.3 Å². The van der Waals surface area contributed by atoms with E-state index in [4.69, 9.17) is 0 Å². The molecule has 6 heteroatoms. The lowest BCUT2D eigenvalue weighted by Gasteiger charge is -2.49. The van der Waals surface area contributed by atoms with Gasteiger partial charge in [0.05, 0.1) is 6.10 Å². The van der Waals surface area contributed by atoms with E-state index < -0.39 is 16.1 Å². The molecule has 2 N–H and O–H groups in total. The second-order valence-corrected chi connectivity index (χ2v) is 7.57. The summed E-state index contributed by atoms with van der Waals surface area (Å²) in [5, 5.41) is 11.3. The number of hydrogen-bond acceptors (Lipinski definition) is 4. The SMILES string of the molecule is CC1(C)C(O)CC1NS(=O)(=O)c1cccs1. The molecule has 1 aromatic rings. The minimum atomic E-state index is -3.41. The minimum Gasteiger partial charge on any atom is -0.392 e. The van der Waals surface area contributed by atoms with E-state index >= 15 is 0 Å². The van der Waals surface area contributed by atoms with E-state index in [9.17, 15) is 13.5 Å². The lowest BCUT2D eigenvalue weighted by molar-refractivity contribution is -0.0645. The van der Waals surface area contributed by atoms with Gasteiger partial charge in [-0.1, -0.05) is 19.9 Å². The van der Waals surface area contributed by atoms with Gasteiger partial charge in [0.25, 0.3) is 0 Å². The maximum absolute atomic E-state index is 11.9. The minimum absolute atomic E-state index is 0.186. The Hall–Kier alpha value is -0.430. The molecule has 0 amide bonds. The third-order valence-electron chi connectivity index (χ3n) is 3.27. The van der Waals surface area contributed by atoms with Crippen molar-refractivity contribution in [3.05, 3.63) is 17.5 Å². The largest absolute Gasteiger partial charge is 0.392 e. The van der Waals surface area contributed by atoms with Crippen molar-refractivity contribution >= 4 is 21.4 Å². The molecule has 1 saturated carbocycles. The van der Waals surface area contributed by atoms with Crippen LogP contribution < -0.4 is 4.72 Å². The predicted octanol–water partition coefficient (Wildman–Crippen LogP) is 1.19. The summed E-state index contributed by atoms with van der Waals surface area (Å²) in [5.74, 6) is 0. The van der Waals surface area contributed by atoms with Gasteiger partial charge in [-0.2, -0.15) is 0 Å². The Morgan fingerprint density at radius 1 is 1.56 bits per heavy atom. The second-order valence-electron chi connectivity index (χ2n) is 4.68. The fourth-order valence-corrected chi connectivity index (χ4v) is 4.18. The van der Waals surface area contributed by atoms with Crippen molar-refractivity contribution in [1.29, 1.82) is 0 Å². The highest BCUT2D eigenvalue weighted by Gasteiger charge is 2.48. The Morgan fingerprint density at radius 3 is 2.69 bits per heavy atom. The first-order valence-electron chi connectivity index (χ1n) is 5.08. The Kier molecular flexibility index (Phi) is 2.86. The van der Waals surface area contributed by atoms with E-state index in [1.165, 1.54) is 11.3 Å². The van der Waals surface area contributed by atoms with Gasteiger partial charge in [-0.05, 0) is 17.9 Å². The number of hydrogen-bond donors (Lipinski definition) is 2. The van der Waals surface area contributed by atoms with Crippen molar-refractivity contribution in [3.63, 3.8) is 0 Å². The maximum atomic E-state index is 11.9. The predicted molar refractivity (Wildman–Crippen MR) is 62.8 cm³/mol. The van der Waals surface area contributed by atoms with Gasteiger partial charge < -0.3 is 5.11 Å². The zero-order valence-corrected chi connectivity index (χ0v) is 10.8. The topological polar surface area (TPSA) is 66.4 Å². The lowest BCUT2D eigenvalue weighted by atomic mass is 9.65. The van der Waals surface area contributed by atoms with E-state index in [0.717, 1.165) is 0 Å².